The van der Waals surface area contributed by atoms with Gasteiger partial charge in [-0.05, 0) is 83.5 Å². The van der Waals surface area contributed by atoms with E-state index in [2.05, 4.69) is 92.1 Å². The number of unbranched alkanes of at least 4 members (excludes halogenated alkanes) is 33. The predicted molar refractivity (Wildman–Crippen MR) is 360 cm³/mol. The Hall–Kier alpha value is -2.83. The summed E-state index contributed by atoms with van der Waals surface area (Å²) in [7, 11) is 0. The second kappa shape index (κ2) is 58.0. The molecule has 0 spiro atoms. The van der Waals surface area contributed by atoms with Crippen LogP contribution < -0.4 is 5.32 Å². The number of carbonyl (C=O) groups is 1. The first-order chi connectivity index (χ1) is 43.1. The molecule has 12 atom stereocenters. The van der Waals surface area contributed by atoms with Crippen LogP contribution in [0.15, 0.2) is 85.1 Å². The lowest BCUT2D eigenvalue weighted by Gasteiger charge is -2.46. The van der Waals surface area contributed by atoms with Crippen LogP contribution in [0.5, 0.6) is 0 Å². The fourth-order valence-electron chi connectivity index (χ4n) is 11.4. The van der Waals surface area contributed by atoms with Crippen molar-refractivity contribution in [2.45, 2.75) is 357 Å². The lowest BCUT2D eigenvalue weighted by Crippen LogP contribution is -2.65. The van der Waals surface area contributed by atoms with E-state index in [1.165, 1.54) is 180 Å². The summed E-state index contributed by atoms with van der Waals surface area (Å²) < 4.78 is 22.8. The summed E-state index contributed by atoms with van der Waals surface area (Å²) in [4.78, 5) is 13.3. The molecule has 0 aliphatic carbocycles. The van der Waals surface area contributed by atoms with Crippen LogP contribution in [0.1, 0.15) is 284 Å². The third-order valence-electron chi connectivity index (χ3n) is 17.0. The number of nitrogens with one attached hydrogen (secondary N) is 1. The zero-order chi connectivity index (χ0) is 63.8. The fourth-order valence-corrected chi connectivity index (χ4v) is 11.4. The maximum absolute atomic E-state index is 13.3. The third-order valence-corrected chi connectivity index (χ3v) is 17.0. The Balaban J connectivity index is 1.66. The minimum absolute atomic E-state index is 0.251. The number of aliphatic hydroxyl groups excluding tert-OH is 8. The summed E-state index contributed by atoms with van der Waals surface area (Å²) in [5, 5.41) is 87.4. The molecule has 12 unspecified atom stereocenters. The zero-order valence-corrected chi connectivity index (χ0v) is 55.4. The topological polar surface area (TPSA) is 228 Å². The van der Waals surface area contributed by atoms with Crippen LogP contribution in [0, 0.1) is 0 Å². The van der Waals surface area contributed by atoms with E-state index in [0.29, 0.717) is 12.8 Å². The monoisotopic (exact) mass is 1240 g/mol. The summed E-state index contributed by atoms with van der Waals surface area (Å²) in [5.74, 6) is -0.251. The summed E-state index contributed by atoms with van der Waals surface area (Å²) in [6.45, 7) is 2.69. The van der Waals surface area contributed by atoms with E-state index in [1.54, 1.807) is 6.08 Å². The highest BCUT2D eigenvalue weighted by molar-refractivity contribution is 5.76. The molecule has 0 radical (unpaired) electrons. The largest absolute Gasteiger partial charge is 0.394 e. The van der Waals surface area contributed by atoms with Gasteiger partial charge < -0.3 is 65.1 Å². The van der Waals surface area contributed by atoms with Crippen LogP contribution in [0.4, 0.5) is 0 Å². The van der Waals surface area contributed by atoms with Crippen molar-refractivity contribution in [2.24, 2.45) is 0 Å². The smallest absolute Gasteiger partial charge is 0.220 e. The minimum atomic E-state index is -1.80. The molecule has 2 saturated heterocycles. The number of hydrogen-bond donors (Lipinski definition) is 9. The van der Waals surface area contributed by atoms with Crippen molar-refractivity contribution in [1.82, 2.24) is 5.32 Å². The number of hydrogen-bond acceptors (Lipinski definition) is 13. The maximum Gasteiger partial charge on any atom is 0.220 e. The first-order valence-electron chi connectivity index (χ1n) is 35.8. The van der Waals surface area contributed by atoms with Crippen LogP contribution >= 0.6 is 0 Å². The number of carbonyl (C=O) groups excluding carboxylic acids is 1. The highest BCUT2D eigenvalue weighted by atomic mass is 16.7. The molecule has 2 rings (SSSR count). The molecular formula is C74H131NO13. The average molecular weight is 1240 g/mol. The molecule has 510 valence electrons. The van der Waals surface area contributed by atoms with Gasteiger partial charge in [0.1, 0.15) is 48.8 Å². The van der Waals surface area contributed by atoms with Crippen molar-refractivity contribution >= 4 is 5.91 Å². The second-order valence-corrected chi connectivity index (χ2v) is 25.0. The Kier molecular flexibility index (Phi) is 53.6. The molecule has 14 heteroatoms. The molecule has 0 saturated carbocycles. The molecular weight excluding hydrogens is 1110 g/mol. The number of rotatable bonds is 58. The third kappa shape index (κ3) is 41.6. The Labute approximate surface area is 535 Å². The highest BCUT2D eigenvalue weighted by Crippen LogP contribution is 2.30. The summed E-state index contributed by atoms with van der Waals surface area (Å²) in [6, 6.07) is -0.941. The number of ether oxygens (including phenoxy) is 4. The molecule has 2 fully saturated rings. The van der Waals surface area contributed by atoms with Crippen LogP contribution in [0.3, 0.4) is 0 Å². The maximum atomic E-state index is 13.3. The van der Waals surface area contributed by atoms with Crippen LogP contribution in [0.2, 0.25) is 0 Å². The van der Waals surface area contributed by atoms with Gasteiger partial charge in [0, 0.05) is 6.42 Å². The van der Waals surface area contributed by atoms with Crippen molar-refractivity contribution in [3.05, 3.63) is 85.1 Å². The van der Waals surface area contributed by atoms with Crippen molar-refractivity contribution in [1.29, 1.82) is 0 Å². The molecule has 2 aliphatic heterocycles. The van der Waals surface area contributed by atoms with E-state index < -0.39 is 86.8 Å². The summed E-state index contributed by atoms with van der Waals surface area (Å²) in [6.07, 6.45) is 63.6. The molecule has 0 bridgehead atoms. The molecule has 88 heavy (non-hydrogen) atoms. The zero-order valence-electron chi connectivity index (χ0n) is 55.4. The SMILES string of the molecule is CC/C=C\C/C=C\C/C=C\C/C=C\CCCCCCCCCCCCCCCCCCCCCCC(=O)NC(COC1OC(CO)C(OC2OC(CO)C(O)C(O)C2O)C(O)C1O)C(O)/C=C/CC/C=C/CC/C=C/CCCCCCCCCCCCC. The molecule has 1 amide bonds. The average Bonchev–Trinajstić information content (AvgIpc) is 2.07. The van der Waals surface area contributed by atoms with E-state index in [0.717, 1.165) is 70.6 Å². The molecule has 0 aromatic carbocycles. The van der Waals surface area contributed by atoms with E-state index in [1.807, 2.05) is 6.08 Å². The number of allylic oxidation sites excluding steroid dienone is 13. The van der Waals surface area contributed by atoms with Crippen molar-refractivity contribution in [2.75, 3.05) is 19.8 Å². The van der Waals surface area contributed by atoms with Crippen molar-refractivity contribution < 1.29 is 64.6 Å². The highest BCUT2D eigenvalue weighted by Gasteiger charge is 2.51. The van der Waals surface area contributed by atoms with Gasteiger partial charge in [-0.25, -0.2) is 0 Å². The normalized spacial score (nSPS) is 23.7. The Bertz CT molecular complexity index is 1800. The van der Waals surface area contributed by atoms with E-state index in [4.69, 9.17) is 18.9 Å². The minimum Gasteiger partial charge on any atom is -0.394 e. The van der Waals surface area contributed by atoms with Gasteiger partial charge in [0.05, 0.1) is 32.0 Å². The second-order valence-electron chi connectivity index (χ2n) is 25.0. The molecule has 14 nitrogen and oxygen atoms in total. The summed E-state index contributed by atoms with van der Waals surface area (Å²) >= 11 is 0. The van der Waals surface area contributed by atoms with Crippen LogP contribution in [0.25, 0.3) is 0 Å². The summed E-state index contributed by atoms with van der Waals surface area (Å²) in [5.41, 5.74) is 0. The van der Waals surface area contributed by atoms with Crippen molar-refractivity contribution in [3.8, 4) is 0 Å². The standard InChI is InChI=1S/C74H131NO13/c1-3-5-7-9-11-13-15-17-19-21-23-25-26-27-28-29-30-31-32-33-34-35-36-38-40-42-44-46-48-50-52-54-56-58-66(79)75-62(63(78)57-55-53-51-49-47-45-43-41-39-37-24-22-20-18-16-14-12-10-8-6-4-2)61-85-73-71(84)69(82)72(65(60-77)87-73)88-74-70(83)68(81)67(80)64(59-76)86-74/h5,7,11,13,17,19,23,25,39,41,47,49,55,57,62-65,67-74,76-78,80-84H,3-4,6,8-10,12,14-16,18,20-22,24,26-38,40,42-46,48,50-54,56,58-61H2,1-2H3,(H,75,79)/b7-5-,13-11-,19-17-,25-23-,41-39+,49-47+,57-55+. The van der Waals surface area contributed by atoms with E-state index >= 15 is 0 Å². The molecule has 9 N–H and O–H groups in total. The predicted octanol–water partition coefficient (Wildman–Crippen LogP) is 14.8. The van der Waals surface area contributed by atoms with Gasteiger partial charge in [0.2, 0.25) is 5.91 Å². The number of aliphatic hydroxyl groups is 8. The van der Waals surface area contributed by atoms with Gasteiger partial charge in [-0.2, -0.15) is 0 Å². The first kappa shape index (κ1) is 81.3. The number of amides is 1. The van der Waals surface area contributed by atoms with Crippen LogP contribution in [-0.2, 0) is 23.7 Å². The van der Waals surface area contributed by atoms with Gasteiger partial charge >= 0.3 is 0 Å². The van der Waals surface area contributed by atoms with Gasteiger partial charge in [0.25, 0.3) is 0 Å². The Morgan fingerprint density at radius 2 is 0.795 bits per heavy atom. The van der Waals surface area contributed by atoms with E-state index in [9.17, 15) is 45.6 Å². The van der Waals surface area contributed by atoms with Gasteiger partial charge in [-0.3, -0.25) is 4.79 Å². The quantitative estimate of drug-likeness (QED) is 0.0204. The lowest BCUT2D eigenvalue weighted by atomic mass is 9.97. The fraction of sp³-hybridized carbons (Fsp3) is 0.797. The molecule has 0 aromatic heterocycles. The molecule has 2 heterocycles. The Morgan fingerprint density at radius 3 is 1.25 bits per heavy atom. The molecule has 0 aromatic rings. The van der Waals surface area contributed by atoms with E-state index in [-0.39, 0.29) is 18.9 Å². The Morgan fingerprint density at radius 1 is 0.420 bits per heavy atom. The van der Waals surface area contributed by atoms with Crippen LogP contribution in [-0.4, -0.2) is 140 Å². The van der Waals surface area contributed by atoms with Crippen molar-refractivity contribution in [3.63, 3.8) is 0 Å². The van der Waals surface area contributed by atoms with Gasteiger partial charge in [0.15, 0.2) is 12.6 Å². The molecule has 2 aliphatic rings. The van der Waals surface area contributed by atoms with Gasteiger partial charge in [-0.15, -0.1) is 0 Å². The first-order valence-corrected chi connectivity index (χ1v) is 35.8. The lowest BCUT2D eigenvalue weighted by molar-refractivity contribution is -0.359. The van der Waals surface area contributed by atoms with Gasteiger partial charge in [-0.1, -0.05) is 279 Å².